The summed E-state index contributed by atoms with van der Waals surface area (Å²) in [5, 5.41) is 0. The van der Waals surface area contributed by atoms with Crippen molar-refractivity contribution >= 4 is 21.7 Å². The predicted molar refractivity (Wildman–Crippen MR) is 56.8 cm³/mol. The van der Waals surface area contributed by atoms with E-state index >= 15 is 0 Å². The van der Waals surface area contributed by atoms with Gasteiger partial charge in [0.15, 0.2) is 5.82 Å². The number of methoxy groups -OCH3 is 1. The van der Waals surface area contributed by atoms with Crippen LogP contribution in [0.15, 0.2) is 4.47 Å². The van der Waals surface area contributed by atoms with Crippen LogP contribution in [0.4, 0.5) is 5.82 Å². The molecule has 0 radical (unpaired) electrons. The lowest BCUT2D eigenvalue weighted by Gasteiger charge is -2.07. The van der Waals surface area contributed by atoms with Crippen molar-refractivity contribution in [3.8, 4) is 0 Å². The molecule has 1 fully saturated rings. The van der Waals surface area contributed by atoms with Crippen molar-refractivity contribution in [1.82, 2.24) is 9.97 Å². The normalized spacial score (nSPS) is 15.9. The van der Waals surface area contributed by atoms with E-state index in [1.807, 2.05) is 0 Å². The summed E-state index contributed by atoms with van der Waals surface area (Å²) in [7, 11) is 1.62. The Morgan fingerprint density at radius 3 is 2.79 bits per heavy atom. The number of rotatable bonds is 3. The van der Waals surface area contributed by atoms with E-state index < -0.39 is 0 Å². The minimum atomic E-state index is 0.414. The maximum absolute atomic E-state index is 5.76. The number of nitrogens with zero attached hydrogens (tertiary/aromatic N) is 2. The van der Waals surface area contributed by atoms with Gasteiger partial charge in [0.2, 0.25) is 0 Å². The molecule has 1 heterocycles. The topological polar surface area (TPSA) is 61.0 Å². The van der Waals surface area contributed by atoms with Crippen molar-refractivity contribution < 1.29 is 4.74 Å². The van der Waals surface area contributed by atoms with Gasteiger partial charge in [-0.2, -0.15) is 0 Å². The van der Waals surface area contributed by atoms with Crippen LogP contribution in [0.2, 0.25) is 0 Å². The summed E-state index contributed by atoms with van der Waals surface area (Å²) < 4.78 is 5.83. The summed E-state index contributed by atoms with van der Waals surface area (Å²) in [5.41, 5.74) is 6.80. The average Bonchev–Trinajstić information content (AvgIpc) is 2.94. The van der Waals surface area contributed by atoms with Gasteiger partial charge in [-0.3, -0.25) is 0 Å². The zero-order valence-electron chi connectivity index (χ0n) is 7.96. The Labute approximate surface area is 91.0 Å². The number of aromatic nitrogens is 2. The van der Waals surface area contributed by atoms with Gasteiger partial charge in [0.05, 0.1) is 10.2 Å². The fourth-order valence-electron chi connectivity index (χ4n) is 1.35. The molecule has 0 spiro atoms. The van der Waals surface area contributed by atoms with E-state index in [9.17, 15) is 0 Å². The van der Waals surface area contributed by atoms with E-state index in [1.165, 1.54) is 12.8 Å². The molecular weight excluding hydrogens is 246 g/mol. The third-order valence-corrected chi connectivity index (χ3v) is 3.00. The first-order valence-corrected chi connectivity index (χ1v) is 5.32. The molecule has 0 saturated heterocycles. The molecule has 0 aliphatic heterocycles. The maximum atomic E-state index is 5.76. The molecule has 2 rings (SSSR count). The van der Waals surface area contributed by atoms with Gasteiger partial charge in [-0.25, -0.2) is 9.97 Å². The molecule has 0 aromatic carbocycles. The van der Waals surface area contributed by atoms with Gasteiger partial charge < -0.3 is 10.5 Å². The Balaban J connectivity index is 2.36. The Hall–Kier alpha value is -0.680. The molecule has 2 N–H and O–H groups in total. The summed E-state index contributed by atoms with van der Waals surface area (Å²) in [6.07, 6.45) is 2.39. The van der Waals surface area contributed by atoms with Crippen molar-refractivity contribution in [1.29, 1.82) is 0 Å². The Bertz CT molecular complexity index is 352. The molecule has 76 valence electrons. The van der Waals surface area contributed by atoms with Crippen molar-refractivity contribution in [2.75, 3.05) is 12.8 Å². The van der Waals surface area contributed by atoms with Crippen LogP contribution in [0.25, 0.3) is 0 Å². The van der Waals surface area contributed by atoms with Crippen LogP contribution in [-0.4, -0.2) is 17.1 Å². The lowest BCUT2D eigenvalue weighted by atomic mass is 10.2. The van der Waals surface area contributed by atoms with Crippen molar-refractivity contribution in [3.05, 3.63) is 16.0 Å². The summed E-state index contributed by atoms with van der Waals surface area (Å²) in [6, 6.07) is 0. The van der Waals surface area contributed by atoms with Gasteiger partial charge in [0.25, 0.3) is 0 Å². The van der Waals surface area contributed by atoms with Crippen molar-refractivity contribution in [2.24, 2.45) is 0 Å². The van der Waals surface area contributed by atoms with E-state index in [2.05, 4.69) is 25.9 Å². The number of nitrogen functional groups attached to an aromatic ring is 1. The molecule has 0 atom stereocenters. The van der Waals surface area contributed by atoms with E-state index in [-0.39, 0.29) is 0 Å². The fourth-order valence-corrected chi connectivity index (χ4v) is 1.85. The first kappa shape index (κ1) is 9.86. The molecule has 5 heteroatoms. The summed E-state index contributed by atoms with van der Waals surface area (Å²) in [4.78, 5) is 8.55. The Morgan fingerprint density at radius 2 is 2.21 bits per heavy atom. The van der Waals surface area contributed by atoms with Gasteiger partial charge in [-0.15, -0.1) is 0 Å². The number of hydrogen-bond acceptors (Lipinski definition) is 4. The van der Waals surface area contributed by atoms with Crippen LogP contribution in [0, 0.1) is 0 Å². The van der Waals surface area contributed by atoms with Gasteiger partial charge in [-0.1, -0.05) is 0 Å². The van der Waals surface area contributed by atoms with E-state index in [4.69, 9.17) is 10.5 Å². The van der Waals surface area contributed by atoms with Gasteiger partial charge in [-0.05, 0) is 28.8 Å². The number of ether oxygens (including phenoxy) is 1. The number of hydrogen-bond donors (Lipinski definition) is 1. The highest BCUT2D eigenvalue weighted by atomic mass is 79.9. The first-order valence-electron chi connectivity index (χ1n) is 4.53. The highest BCUT2D eigenvalue weighted by Crippen LogP contribution is 2.43. The van der Waals surface area contributed by atoms with Crippen LogP contribution in [-0.2, 0) is 11.3 Å². The molecule has 1 aromatic heterocycles. The third-order valence-electron chi connectivity index (χ3n) is 2.19. The molecule has 1 aromatic rings. The minimum Gasteiger partial charge on any atom is -0.383 e. The van der Waals surface area contributed by atoms with Crippen molar-refractivity contribution in [2.45, 2.75) is 25.4 Å². The molecule has 4 nitrogen and oxygen atoms in total. The molecule has 14 heavy (non-hydrogen) atoms. The molecular formula is C9H12BrN3O. The van der Waals surface area contributed by atoms with Crippen LogP contribution < -0.4 is 5.73 Å². The lowest BCUT2D eigenvalue weighted by molar-refractivity contribution is 0.177. The highest BCUT2D eigenvalue weighted by molar-refractivity contribution is 9.10. The Kier molecular flexibility index (Phi) is 2.69. The highest BCUT2D eigenvalue weighted by Gasteiger charge is 2.28. The van der Waals surface area contributed by atoms with Crippen LogP contribution in [0.5, 0.6) is 0 Å². The van der Waals surface area contributed by atoms with Gasteiger partial charge in [0, 0.05) is 13.0 Å². The molecule has 0 bridgehead atoms. The predicted octanol–water partition coefficient (Wildman–Crippen LogP) is 1.85. The van der Waals surface area contributed by atoms with Gasteiger partial charge in [0.1, 0.15) is 12.4 Å². The van der Waals surface area contributed by atoms with Crippen LogP contribution in [0.3, 0.4) is 0 Å². The minimum absolute atomic E-state index is 0.414. The second-order valence-corrected chi connectivity index (χ2v) is 4.22. The largest absolute Gasteiger partial charge is 0.383 e. The molecule has 0 amide bonds. The number of anilines is 1. The third kappa shape index (κ3) is 1.88. The second kappa shape index (κ2) is 3.82. The maximum Gasteiger partial charge on any atom is 0.156 e. The molecule has 1 aliphatic rings. The second-order valence-electron chi connectivity index (χ2n) is 3.43. The monoisotopic (exact) mass is 257 g/mol. The standard InChI is InChI=1S/C9H12BrN3O/c1-14-4-6-12-8(5-2-3-5)7(10)9(11)13-6/h5H,2-4H2,1H3,(H2,11,12,13). The molecule has 1 aliphatic carbocycles. The summed E-state index contributed by atoms with van der Waals surface area (Å²) >= 11 is 3.42. The number of halogens is 1. The molecule has 1 saturated carbocycles. The van der Waals surface area contributed by atoms with Crippen molar-refractivity contribution in [3.63, 3.8) is 0 Å². The molecule has 0 unspecified atom stereocenters. The quantitative estimate of drug-likeness (QED) is 0.898. The number of nitrogens with two attached hydrogens (primary N) is 1. The Morgan fingerprint density at radius 1 is 1.50 bits per heavy atom. The zero-order valence-corrected chi connectivity index (χ0v) is 9.54. The first-order chi connectivity index (χ1) is 6.72. The summed E-state index contributed by atoms with van der Waals surface area (Å²) in [5.74, 6) is 1.73. The van der Waals surface area contributed by atoms with Gasteiger partial charge >= 0.3 is 0 Å². The smallest absolute Gasteiger partial charge is 0.156 e. The fraction of sp³-hybridized carbons (Fsp3) is 0.556. The van der Waals surface area contributed by atoms with E-state index in [0.717, 1.165) is 10.2 Å². The van der Waals surface area contributed by atoms with E-state index in [0.29, 0.717) is 24.2 Å². The summed E-state index contributed by atoms with van der Waals surface area (Å²) in [6.45, 7) is 0.414. The lowest BCUT2D eigenvalue weighted by Crippen LogP contribution is -2.05. The average molecular weight is 258 g/mol. The van der Waals surface area contributed by atoms with E-state index in [1.54, 1.807) is 7.11 Å². The van der Waals surface area contributed by atoms with Crippen LogP contribution in [0.1, 0.15) is 30.3 Å². The zero-order chi connectivity index (χ0) is 10.1. The SMILES string of the molecule is COCc1nc(N)c(Br)c(C2CC2)n1. The van der Waals surface area contributed by atoms with Crippen LogP contribution >= 0.6 is 15.9 Å².